The molecule has 0 aromatic heterocycles. The van der Waals surface area contributed by atoms with Crippen molar-refractivity contribution in [3.8, 4) is 0 Å². The lowest BCUT2D eigenvalue weighted by atomic mass is 10.1. The lowest BCUT2D eigenvalue weighted by molar-refractivity contribution is 0.491. The second kappa shape index (κ2) is 6.84. The number of sulfonamides is 1. The minimum absolute atomic E-state index is 0.00662. The quantitative estimate of drug-likeness (QED) is 0.851. The maximum atomic E-state index is 12.4. The molecule has 0 amide bonds. The van der Waals surface area contributed by atoms with E-state index in [4.69, 9.17) is 23.2 Å². The van der Waals surface area contributed by atoms with Crippen LogP contribution in [0.3, 0.4) is 0 Å². The summed E-state index contributed by atoms with van der Waals surface area (Å²) in [6.07, 6.45) is 0. The van der Waals surface area contributed by atoms with Gasteiger partial charge in [0.1, 0.15) is 4.90 Å². The zero-order valence-corrected chi connectivity index (χ0v) is 15.2. The Bertz CT molecular complexity index is 608. The second-order valence-corrected chi connectivity index (χ2v) is 8.73. The van der Waals surface area contributed by atoms with Gasteiger partial charge in [-0.3, -0.25) is 0 Å². The summed E-state index contributed by atoms with van der Waals surface area (Å²) >= 11 is 12.3. The standard InChI is InChI=1S/C14H22Cl2N2O2S/c1-9(2)17-8-10-6-11(15)7-12(13(10)16)21(19,20)18-14(3,4)5/h6-7,9,17-18H,8H2,1-5H3. The molecule has 120 valence electrons. The van der Waals surface area contributed by atoms with Crippen LogP contribution in [0, 0.1) is 0 Å². The fraction of sp³-hybridized carbons (Fsp3) is 0.571. The minimum Gasteiger partial charge on any atom is -0.310 e. The molecule has 0 aliphatic heterocycles. The summed E-state index contributed by atoms with van der Waals surface area (Å²) in [6.45, 7) is 9.75. The van der Waals surface area contributed by atoms with E-state index >= 15 is 0 Å². The van der Waals surface area contributed by atoms with Crippen LogP contribution in [0.5, 0.6) is 0 Å². The van der Waals surface area contributed by atoms with E-state index in [2.05, 4.69) is 10.0 Å². The van der Waals surface area contributed by atoms with Gasteiger partial charge in [0.25, 0.3) is 0 Å². The minimum atomic E-state index is -3.73. The Morgan fingerprint density at radius 3 is 2.24 bits per heavy atom. The topological polar surface area (TPSA) is 58.2 Å². The van der Waals surface area contributed by atoms with Crippen LogP contribution in [0.1, 0.15) is 40.2 Å². The van der Waals surface area contributed by atoms with Crippen molar-refractivity contribution in [2.45, 2.75) is 57.6 Å². The zero-order chi connectivity index (χ0) is 16.4. The van der Waals surface area contributed by atoms with Crippen LogP contribution < -0.4 is 10.0 Å². The summed E-state index contributed by atoms with van der Waals surface area (Å²) in [7, 11) is -3.73. The molecule has 0 saturated heterocycles. The molecule has 7 heteroatoms. The summed E-state index contributed by atoms with van der Waals surface area (Å²) in [5.74, 6) is 0. The average molecular weight is 353 g/mol. The Morgan fingerprint density at radius 1 is 1.19 bits per heavy atom. The van der Waals surface area contributed by atoms with Gasteiger partial charge >= 0.3 is 0 Å². The molecule has 0 saturated carbocycles. The van der Waals surface area contributed by atoms with E-state index in [1.165, 1.54) is 6.07 Å². The molecule has 0 spiro atoms. The molecular weight excluding hydrogens is 331 g/mol. The van der Waals surface area contributed by atoms with Crippen LogP contribution in [-0.2, 0) is 16.6 Å². The predicted octanol–water partition coefficient (Wildman–Crippen LogP) is 3.57. The molecule has 2 N–H and O–H groups in total. The first-order valence-corrected chi connectivity index (χ1v) is 8.91. The number of benzene rings is 1. The predicted molar refractivity (Wildman–Crippen MR) is 88.5 cm³/mol. The van der Waals surface area contributed by atoms with Crippen LogP contribution in [0.15, 0.2) is 17.0 Å². The summed E-state index contributed by atoms with van der Waals surface area (Å²) in [5.41, 5.74) is 0.0630. The van der Waals surface area contributed by atoms with E-state index < -0.39 is 15.6 Å². The van der Waals surface area contributed by atoms with Gasteiger partial charge in [-0.25, -0.2) is 13.1 Å². The Hall–Kier alpha value is -0.330. The molecular formula is C14H22Cl2N2O2S. The van der Waals surface area contributed by atoms with Crippen LogP contribution >= 0.6 is 23.2 Å². The molecule has 0 heterocycles. The molecule has 4 nitrogen and oxygen atoms in total. The molecule has 0 radical (unpaired) electrons. The Kier molecular flexibility index (Phi) is 6.09. The van der Waals surface area contributed by atoms with E-state index in [9.17, 15) is 8.42 Å². The number of hydrogen-bond acceptors (Lipinski definition) is 3. The molecule has 0 atom stereocenters. The van der Waals surface area contributed by atoms with Gasteiger partial charge in [0, 0.05) is 23.1 Å². The third-order valence-electron chi connectivity index (χ3n) is 2.51. The molecule has 1 aromatic carbocycles. The zero-order valence-electron chi connectivity index (χ0n) is 12.9. The van der Waals surface area contributed by atoms with E-state index in [1.54, 1.807) is 26.8 Å². The smallest absolute Gasteiger partial charge is 0.242 e. The highest BCUT2D eigenvalue weighted by Gasteiger charge is 2.26. The van der Waals surface area contributed by atoms with E-state index in [0.717, 1.165) is 0 Å². The van der Waals surface area contributed by atoms with Crippen LogP contribution in [-0.4, -0.2) is 20.0 Å². The summed E-state index contributed by atoms with van der Waals surface area (Å²) < 4.78 is 27.5. The molecule has 0 unspecified atom stereocenters. The maximum absolute atomic E-state index is 12.4. The highest BCUT2D eigenvalue weighted by molar-refractivity contribution is 7.89. The van der Waals surface area contributed by atoms with Gasteiger partial charge in [-0.1, -0.05) is 37.0 Å². The van der Waals surface area contributed by atoms with Crippen molar-refractivity contribution in [1.82, 2.24) is 10.0 Å². The first-order chi connectivity index (χ1) is 9.42. The molecule has 0 fully saturated rings. The normalized spacial score (nSPS) is 13.0. The Morgan fingerprint density at radius 2 is 1.76 bits per heavy atom. The van der Waals surface area contributed by atoms with Gasteiger partial charge in [-0.2, -0.15) is 0 Å². The van der Waals surface area contributed by atoms with E-state index in [-0.39, 0.29) is 16.0 Å². The van der Waals surface area contributed by atoms with Gasteiger partial charge in [-0.15, -0.1) is 0 Å². The number of halogens is 2. The first kappa shape index (κ1) is 18.7. The Balaban J connectivity index is 3.25. The van der Waals surface area contributed by atoms with Gasteiger partial charge < -0.3 is 5.32 Å². The number of hydrogen-bond donors (Lipinski definition) is 2. The third kappa shape index (κ3) is 5.75. The van der Waals surface area contributed by atoms with Crippen molar-refractivity contribution in [2.24, 2.45) is 0 Å². The monoisotopic (exact) mass is 352 g/mol. The van der Waals surface area contributed by atoms with Crippen molar-refractivity contribution in [2.75, 3.05) is 0 Å². The number of rotatable bonds is 5. The van der Waals surface area contributed by atoms with Gasteiger partial charge in [0.05, 0.1) is 5.02 Å². The van der Waals surface area contributed by atoms with Crippen molar-refractivity contribution < 1.29 is 8.42 Å². The highest BCUT2D eigenvalue weighted by atomic mass is 35.5. The van der Waals surface area contributed by atoms with Crippen molar-refractivity contribution in [3.05, 3.63) is 27.7 Å². The largest absolute Gasteiger partial charge is 0.310 e. The van der Waals surface area contributed by atoms with Crippen molar-refractivity contribution >= 4 is 33.2 Å². The van der Waals surface area contributed by atoms with Gasteiger partial charge in [0.2, 0.25) is 10.0 Å². The van der Waals surface area contributed by atoms with Crippen molar-refractivity contribution in [1.29, 1.82) is 0 Å². The molecule has 1 rings (SSSR count). The summed E-state index contributed by atoms with van der Waals surface area (Å²) in [4.78, 5) is 0.00662. The average Bonchev–Trinajstić information content (AvgIpc) is 2.26. The van der Waals surface area contributed by atoms with E-state index in [1.807, 2.05) is 13.8 Å². The van der Waals surface area contributed by atoms with Crippen LogP contribution in [0.25, 0.3) is 0 Å². The molecule has 0 aliphatic carbocycles. The highest BCUT2D eigenvalue weighted by Crippen LogP contribution is 2.30. The second-order valence-electron chi connectivity index (χ2n) is 6.27. The molecule has 21 heavy (non-hydrogen) atoms. The molecule has 0 aliphatic rings. The van der Waals surface area contributed by atoms with Crippen LogP contribution in [0.4, 0.5) is 0 Å². The first-order valence-electron chi connectivity index (χ1n) is 6.67. The lowest BCUT2D eigenvalue weighted by Gasteiger charge is -2.21. The Labute approximate surface area is 137 Å². The number of nitrogens with one attached hydrogen (secondary N) is 2. The third-order valence-corrected chi connectivity index (χ3v) is 5.07. The fourth-order valence-corrected chi connectivity index (χ4v) is 4.07. The SMILES string of the molecule is CC(C)NCc1cc(Cl)cc(S(=O)(=O)NC(C)(C)C)c1Cl. The summed E-state index contributed by atoms with van der Waals surface area (Å²) in [6, 6.07) is 3.31. The summed E-state index contributed by atoms with van der Waals surface area (Å²) in [5, 5.41) is 3.74. The van der Waals surface area contributed by atoms with Crippen LogP contribution in [0.2, 0.25) is 10.0 Å². The van der Waals surface area contributed by atoms with Gasteiger partial charge in [-0.05, 0) is 38.5 Å². The van der Waals surface area contributed by atoms with Gasteiger partial charge in [0.15, 0.2) is 0 Å². The molecule has 0 bridgehead atoms. The van der Waals surface area contributed by atoms with E-state index in [0.29, 0.717) is 17.1 Å². The molecule has 1 aromatic rings. The fourth-order valence-electron chi connectivity index (χ4n) is 1.71. The van der Waals surface area contributed by atoms with Crippen molar-refractivity contribution in [3.63, 3.8) is 0 Å². The lowest BCUT2D eigenvalue weighted by Crippen LogP contribution is -2.40. The maximum Gasteiger partial charge on any atom is 0.242 e.